The van der Waals surface area contributed by atoms with Crippen molar-refractivity contribution in [3.8, 4) is 11.5 Å². The molecule has 0 fully saturated rings. The van der Waals surface area contributed by atoms with Gasteiger partial charge in [-0.3, -0.25) is 4.40 Å². The molecule has 6 heteroatoms. The van der Waals surface area contributed by atoms with E-state index in [4.69, 9.17) is 10.2 Å². The van der Waals surface area contributed by atoms with Crippen molar-refractivity contribution in [2.24, 2.45) is 0 Å². The highest BCUT2D eigenvalue weighted by molar-refractivity contribution is 5.90. The number of fused-ring (bicyclic) bond motifs is 1. The lowest BCUT2D eigenvalue weighted by molar-refractivity contribution is 0.0600. The van der Waals surface area contributed by atoms with Crippen LogP contribution < -0.4 is 5.73 Å². The zero-order valence-corrected chi connectivity index (χ0v) is 11.1. The van der Waals surface area contributed by atoms with E-state index >= 15 is 0 Å². The summed E-state index contributed by atoms with van der Waals surface area (Å²) >= 11 is 0. The third-order valence-electron chi connectivity index (χ3n) is 3.06. The molecule has 0 aliphatic heterocycles. The number of imidazole rings is 1. The van der Waals surface area contributed by atoms with E-state index in [2.05, 4.69) is 9.72 Å². The van der Waals surface area contributed by atoms with Crippen LogP contribution in [0.15, 0.2) is 34.9 Å². The molecule has 0 amide bonds. The zero-order valence-electron chi connectivity index (χ0n) is 11.1. The van der Waals surface area contributed by atoms with Gasteiger partial charge in [-0.25, -0.2) is 9.78 Å². The lowest BCUT2D eigenvalue weighted by Crippen LogP contribution is -2.02. The van der Waals surface area contributed by atoms with Crippen LogP contribution in [-0.2, 0) is 4.74 Å². The Morgan fingerprint density at radius 2 is 2.20 bits per heavy atom. The first-order valence-corrected chi connectivity index (χ1v) is 6.03. The van der Waals surface area contributed by atoms with E-state index in [9.17, 15) is 4.79 Å². The Morgan fingerprint density at radius 1 is 1.40 bits per heavy atom. The molecule has 3 aromatic rings. The number of ether oxygens (including phenoxy) is 1. The van der Waals surface area contributed by atoms with Gasteiger partial charge in [0.05, 0.1) is 12.7 Å². The summed E-state index contributed by atoms with van der Waals surface area (Å²) in [5, 5.41) is 0. The van der Waals surface area contributed by atoms with Crippen molar-refractivity contribution in [3.05, 3.63) is 41.8 Å². The highest BCUT2D eigenvalue weighted by Crippen LogP contribution is 2.28. The zero-order chi connectivity index (χ0) is 14.3. The molecule has 0 radical (unpaired) electrons. The second-order valence-corrected chi connectivity index (χ2v) is 4.39. The number of nitrogens with two attached hydrogens (primary N) is 1. The minimum atomic E-state index is -0.413. The summed E-state index contributed by atoms with van der Waals surface area (Å²) in [6.07, 6.45) is 1.68. The van der Waals surface area contributed by atoms with E-state index in [1.807, 2.05) is 19.1 Å². The highest BCUT2D eigenvalue weighted by Gasteiger charge is 2.16. The number of hydrogen-bond donors (Lipinski definition) is 1. The number of pyridine rings is 1. The van der Waals surface area contributed by atoms with E-state index in [0.717, 1.165) is 5.76 Å². The fourth-order valence-corrected chi connectivity index (χ4v) is 2.05. The molecular weight excluding hydrogens is 258 g/mol. The summed E-state index contributed by atoms with van der Waals surface area (Å²) in [4.78, 5) is 15.9. The molecule has 0 saturated carbocycles. The Balaban J connectivity index is 2.16. The third-order valence-corrected chi connectivity index (χ3v) is 3.06. The van der Waals surface area contributed by atoms with Crippen molar-refractivity contribution in [1.29, 1.82) is 0 Å². The van der Waals surface area contributed by atoms with E-state index < -0.39 is 5.97 Å². The fraction of sp³-hybridized carbons (Fsp3) is 0.143. The topological polar surface area (TPSA) is 82.8 Å². The van der Waals surface area contributed by atoms with Crippen LogP contribution in [0.3, 0.4) is 0 Å². The summed E-state index contributed by atoms with van der Waals surface area (Å²) in [7, 11) is 1.34. The number of esters is 1. The van der Waals surface area contributed by atoms with Gasteiger partial charge in [0.25, 0.3) is 0 Å². The summed E-state index contributed by atoms with van der Waals surface area (Å²) in [5.41, 5.74) is 7.61. The lowest BCUT2D eigenvalue weighted by Gasteiger charge is -2.00. The normalized spacial score (nSPS) is 10.9. The summed E-state index contributed by atoms with van der Waals surface area (Å²) < 4.78 is 11.9. The van der Waals surface area contributed by atoms with Crippen LogP contribution in [0.25, 0.3) is 17.1 Å². The molecule has 3 rings (SSSR count). The number of nitrogens with zero attached hydrogens (tertiary/aromatic N) is 2. The minimum absolute atomic E-state index is 0.413. The van der Waals surface area contributed by atoms with Crippen molar-refractivity contribution in [3.63, 3.8) is 0 Å². The average Bonchev–Trinajstić information content (AvgIpc) is 3.02. The molecule has 0 atom stereocenters. The lowest BCUT2D eigenvalue weighted by atomic mass is 10.3. The monoisotopic (exact) mass is 271 g/mol. The smallest absolute Gasteiger partial charge is 0.338 e. The third kappa shape index (κ3) is 1.82. The number of aryl methyl sites for hydroxylation is 1. The Bertz CT molecular complexity index is 801. The number of aromatic nitrogens is 2. The number of carbonyl (C=O) groups excluding carboxylic acids is 1. The molecule has 0 bridgehead atoms. The van der Waals surface area contributed by atoms with Crippen LogP contribution in [0.4, 0.5) is 5.82 Å². The average molecular weight is 271 g/mol. The van der Waals surface area contributed by atoms with Gasteiger partial charge in [-0.1, -0.05) is 0 Å². The number of hydrogen-bond acceptors (Lipinski definition) is 5. The van der Waals surface area contributed by atoms with Crippen molar-refractivity contribution < 1.29 is 13.9 Å². The van der Waals surface area contributed by atoms with Gasteiger partial charge in [-0.05, 0) is 31.2 Å². The maximum atomic E-state index is 11.5. The Labute approximate surface area is 114 Å². The van der Waals surface area contributed by atoms with E-state index in [0.29, 0.717) is 28.5 Å². The molecule has 2 N–H and O–H groups in total. The Morgan fingerprint density at radius 3 is 2.85 bits per heavy atom. The summed E-state index contributed by atoms with van der Waals surface area (Å²) in [6, 6.07) is 6.92. The maximum Gasteiger partial charge on any atom is 0.338 e. The SMILES string of the molecule is COC(=O)c1ccn2c(N)c(-c3ccc(C)o3)nc2c1. The number of anilines is 1. The molecule has 0 spiro atoms. The minimum Gasteiger partial charge on any atom is -0.465 e. The summed E-state index contributed by atoms with van der Waals surface area (Å²) in [6.45, 7) is 1.85. The molecule has 6 nitrogen and oxygen atoms in total. The van der Waals surface area contributed by atoms with E-state index in [1.165, 1.54) is 7.11 Å². The molecule has 3 aromatic heterocycles. The number of carbonyl (C=O) groups is 1. The first-order chi connectivity index (χ1) is 9.60. The number of furan rings is 1. The van der Waals surface area contributed by atoms with E-state index in [-0.39, 0.29) is 0 Å². The van der Waals surface area contributed by atoms with Crippen molar-refractivity contribution in [2.45, 2.75) is 6.92 Å². The first kappa shape index (κ1) is 12.3. The van der Waals surface area contributed by atoms with Gasteiger partial charge in [-0.2, -0.15) is 0 Å². The second-order valence-electron chi connectivity index (χ2n) is 4.39. The molecule has 0 aliphatic rings. The number of rotatable bonds is 2. The molecule has 3 heterocycles. The highest BCUT2D eigenvalue weighted by atomic mass is 16.5. The first-order valence-electron chi connectivity index (χ1n) is 6.03. The fourth-order valence-electron chi connectivity index (χ4n) is 2.05. The van der Waals surface area contributed by atoms with Crippen molar-refractivity contribution in [2.75, 3.05) is 12.8 Å². The van der Waals surface area contributed by atoms with E-state index in [1.54, 1.807) is 22.7 Å². The summed E-state index contributed by atoms with van der Waals surface area (Å²) in [5.74, 6) is 1.44. The quantitative estimate of drug-likeness (QED) is 0.723. The standard InChI is InChI=1S/C14H13N3O3/c1-8-3-4-10(20-8)12-13(15)17-6-5-9(14(18)19-2)7-11(17)16-12/h3-7H,15H2,1-2H3. The van der Waals surface area contributed by atoms with Crippen LogP contribution in [0, 0.1) is 6.92 Å². The van der Waals surface area contributed by atoms with Gasteiger partial charge in [0.15, 0.2) is 5.76 Å². The second kappa shape index (κ2) is 4.41. The Hall–Kier alpha value is -2.76. The molecule has 0 aromatic carbocycles. The predicted molar refractivity (Wildman–Crippen MR) is 73.4 cm³/mol. The number of methoxy groups -OCH3 is 1. The van der Waals surface area contributed by atoms with Crippen LogP contribution in [0.1, 0.15) is 16.1 Å². The predicted octanol–water partition coefficient (Wildman–Crippen LogP) is 2.27. The van der Waals surface area contributed by atoms with Gasteiger partial charge in [0.2, 0.25) is 0 Å². The van der Waals surface area contributed by atoms with Gasteiger partial charge in [0.1, 0.15) is 22.9 Å². The van der Waals surface area contributed by atoms with Crippen LogP contribution >= 0.6 is 0 Å². The largest absolute Gasteiger partial charge is 0.465 e. The molecule has 20 heavy (non-hydrogen) atoms. The van der Waals surface area contributed by atoms with Gasteiger partial charge >= 0.3 is 5.97 Å². The van der Waals surface area contributed by atoms with Gasteiger partial charge in [-0.15, -0.1) is 0 Å². The van der Waals surface area contributed by atoms with Crippen LogP contribution in [-0.4, -0.2) is 22.5 Å². The maximum absolute atomic E-state index is 11.5. The van der Waals surface area contributed by atoms with Gasteiger partial charge in [0, 0.05) is 6.20 Å². The molecule has 0 unspecified atom stereocenters. The Kier molecular flexibility index (Phi) is 2.71. The molecule has 0 aliphatic carbocycles. The number of nitrogen functional groups attached to an aromatic ring is 1. The van der Waals surface area contributed by atoms with Crippen LogP contribution in [0.2, 0.25) is 0 Å². The van der Waals surface area contributed by atoms with Crippen molar-refractivity contribution >= 4 is 17.4 Å². The van der Waals surface area contributed by atoms with Crippen LogP contribution in [0.5, 0.6) is 0 Å². The molecule has 102 valence electrons. The molecule has 0 saturated heterocycles. The van der Waals surface area contributed by atoms with Gasteiger partial charge < -0.3 is 14.9 Å². The molecular formula is C14H13N3O3. The van der Waals surface area contributed by atoms with Crippen molar-refractivity contribution in [1.82, 2.24) is 9.38 Å².